The first-order valence-electron chi connectivity index (χ1n) is 2.18. The maximum absolute atomic E-state index is 10.7. The summed E-state index contributed by atoms with van der Waals surface area (Å²) in [7, 11) is 1.26. The van der Waals surface area contributed by atoms with E-state index in [1.807, 2.05) is 21.2 Å². The van der Waals surface area contributed by atoms with Crippen LogP contribution >= 0.6 is 30.3 Å². The SMILES string of the molecule is O=c1cccnn1SI. The van der Waals surface area contributed by atoms with Gasteiger partial charge in [-0.15, -0.1) is 0 Å². The van der Waals surface area contributed by atoms with Crippen LogP contribution in [-0.2, 0) is 0 Å². The Labute approximate surface area is 68.2 Å². The van der Waals surface area contributed by atoms with Gasteiger partial charge in [0.25, 0.3) is 5.56 Å². The number of nitrogens with zero attached hydrogens (tertiary/aromatic N) is 2. The third kappa shape index (κ3) is 1.68. The molecule has 9 heavy (non-hydrogen) atoms. The first-order valence-corrected chi connectivity index (χ1v) is 5.49. The minimum atomic E-state index is -0.0862. The third-order valence-corrected chi connectivity index (χ3v) is 2.27. The Morgan fingerprint density at radius 1 is 1.78 bits per heavy atom. The lowest BCUT2D eigenvalue weighted by Crippen LogP contribution is -2.13. The smallest absolute Gasteiger partial charge is 0.267 e. The van der Waals surface area contributed by atoms with Crippen molar-refractivity contribution < 1.29 is 0 Å². The van der Waals surface area contributed by atoms with Crippen LogP contribution in [-0.4, -0.2) is 9.19 Å². The minimum Gasteiger partial charge on any atom is -0.267 e. The molecule has 5 heteroatoms. The van der Waals surface area contributed by atoms with E-state index in [1.54, 1.807) is 12.3 Å². The molecule has 1 aromatic heterocycles. The molecule has 0 saturated heterocycles. The molecule has 0 aliphatic heterocycles. The average Bonchev–Trinajstić information content (AvgIpc) is 1.89. The molecule has 0 saturated carbocycles. The second-order valence-electron chi connectivity index (χ2n) is 1.30. The molecular weight excluding hydrogens is 251 g/mol. The second kappa shape index (κ2) is 3.21. The highest BCUT2D eigenvalue weighted by Gasteiger charge is 1.89. The zero-order valence-electron chi connectivity index (χ0n) is 4.32. The molecule has 0 amide bonds. The van der Waals surface area contributed by atoms with Gasteiger partial charge >= 0.3 is 0 Å². The van der Waals surface area contributed by atoms with Gasteiger partial charge < -0.3 is 0 Å². The molecule has 0 unspecified atom stereocenters. The largest absolute Gasteiger partial charge is 0.277 e. The van der Waals surface area contributed by atoms with Crippen LogP contribution in [0, 0.1) is 0 Å². The minimum absolute atomic E-state index is 0.0862. The van der Waals surface area contributed by atoms with Gasteiger partial charge in [0, 0.05) is 33.5 Å². The molecule has 0 spiro atoms. The Bertz CT molecular complexity index is 248. The monoisotopic (exact) mass is 254 g/mol. The molecule has 3 nitrogen and oxygen atoms in total. The van der Waals surface area contributed by atoms with E-state index < -0.39 is 0 Å². The van der Waals surface area contributed by atoms with Crippen LogP contribution in [0.1, 0.15) is 0 Å². The van der Waals surface area contributed by atoms with Crippen LogP contribution in [0.15, 0.2) is 23.1 Å². The zero-order valence-corrected chi connectivity index (χ0v) is 7.29. The van der Waals surface area contributed by atoms with Crippen LogP contribution < -0.4 is 5.56 Å². The van der Waals surface area contributed by atoms with Gasteiger partial charge in [-0.25, -0.2) is 0 Å². The van der Waals surface area contributed by atoms with Crippen molar-refractivity contribution in [3.63, 3.8) is 0 Å². The summed E-state index contributed by atoms with van der Waals surface area (Å²) in [6, 6.07) is 3.09. The summed E-state index contributed by atoms with van der Waals surface area (Å²) < 4.78 is 1.31. The number of aromatic nitrogens is 2. The second-order valence-corrected chi connectivity index (χ2v) is 2.97. The van der Waals surface area contributed by atoms with E-state index in [-0.39, 0.29) is 5.56 Å². The van der Waals surface area contributed by atoms with Crippen LogP contribution in [0.2, 0.25) is 0 Å². The Balaban J connectivity index is 3.16. The van der Waals surface area contributed by atoms with Crippen molar-refractivity contribution in [3.8, 4) is 0 Å². The van der Waals surface area contributed by atoms with Crippen LogP contribution in [0.25, 0.3) is 0 Å². The summed E-state index contributed by atoms with van der Waals surface area (Å²) in [5.74, 6) is 0. The van der Waals surface area contributed by atoms with Crippen molar-refractivity contribution in [1.29, 1.82) is 0 Å². The van der Waals surface area contributed by atoms with E-state index >= 15 is 0 Å². The molecule has 0 bridgehead atoms. The molecule has 1 aromatic rings. The number of rotatable bonds is 1. The first kappa shape index (κ1) is 7.07. The molecule has 0 aromatic carbocycles. The van der Waals surface area contributed by atoms with Crippen LogP contribution in [0.5, 0.6) is 0 Å². The van der Waals surface area contributed by atoms with Gasteiger partial charge in [-0.05, 0) is 6.07 Å². The molecular formula is C4H3IN2OS. The maximum atomic E-state index is 10.7. The molecule has 0 aliphatic rings. The fraction of sp³-hybridized carbons (Fsp3) is 0. The van der Waals surface area contributed by atoms with Crippen molar-refractivity contribution in [2.75, 3.05) is 0 Å². The molecule has 1 heterocycles. The maximum Gasteiger partial charge on any atom is 0.277 e. The Morgan fingerprint density at radius 2 is 2.56 bits per heavy atom. The van der Waals surface area contributed by atoms with Crippen LogP contribution in [0.4, 0.5) is 0 Å². The summed E-state index contributed by atoms with van der Waals surface area (Å²) in [5.41, 5.74) is -0.0862. The quantitative estimate of drug-likeness (QED) is 0.703. The normalized spacial score (nSPS) is 9.44. The van der Waals surface area contributed by atoms with E-state index in [9.17, 15) is 4.79 Å². The van der Waals surface area contributed by atoms with E-state index in [0.29, 0.717) is 0 Å². The van der Waals surface area contributed by atoms with Crippen molar-refractivity contribution >= 4 is 30.3 Å². The van der Waals surface area contributed by atoms with Gasteiger partial charge in [-0.3, -0.25) is 4.79 Å². The summed E-state index contributed by atoms with van der Waals surface area (Å²) in [4.78, 5) is 10.7. The molecule has 1 rings (SSSR count). The molecule has 48 valence electrons. The Hall–Kier alpha value is -0.0400. The molecule has 0 aliphatic carbocycles. The highest BCUT2D eigenvalue weighted by Crippen LogP contribution is 2.08. The average molecular weight is 254 g/mol. The van der Waals surface area contributed by atoms with Gasteiger partial charge in [0.15, 0.2) is 0 Å². The number of hydrogen-bond donors (Lipinski definition) is 0. The van der Waals surface area contributed by atoms with Gasteiger partial charge in [0.1, 0.15) is 0 Å². The van der Waals surface area contributed by atoms with Crippen molar-refractivity contribution in [3.05, 3.63) is 28.7 Å². The lowest BCUT2D eigenvalue weighted by Gasteiger charge is -1.91. The number of hydrogen-bond acceptors (Lipinski definition) is 3. The Kier molecular flexibility index (Phi) is 2.52. The first-order chi connectivity index (χ1) is 4.34. The summed E-state index contributed by atoms with van der Waals surface area (Å²) in [6.07, 6.45) is 1.58. The predicted octanol–water partition coefficient (Wildman–Crippen LogP) is 1.09. The molecule has 0 fully saturated rings. The van der Waals surface area contributed by atoms with E-state index in [2.05, 4.69) is 5.10 Å². The molecule has 0 radical (unpaired) electrons. The lowest BCUT2D eigenvalue weighted by molar-refractivity contribution is 0.925. The lowest BCUT2D eigenvalue weighted by atomic mass is 10.6. The van der Waals surface area contributed by atoms with E-state index in [1.165, 1.54) is 19.3 Å². The van der Waals surface area contributed by atoms with Crippen molar-refractivity contribution in [2.45, 2.75) is 0 Å². The summed E-state index contributed by atoms with van der Waals surface area (Å²) in [5, 5.41) is 3.76. The highest BCUT2D eigenvalue weighted by atomic mass is 127. The van der Waals surface area contributed by atoms with Gasteiger partial charge in [0.2, 0.25) is 0 Å². The zero-order chi connectivity index (χ0) is 6.69. The van der Waals surface area contributed by atoms with Gasteiger partial charge in [0.05, 0.1) is 9.12 Å². The molecule has 0 N–H and O–H groups in total. The van der Waals surface area contributed by atoms with Crippen molar-refractivity contribution in [1.82, 2.24) is 9.19 Å². The fourth-order valence-corrected chi connectivity index (χ4v) is 1.50. The summed E-state index contributed by atoms with van der Waals surface area (Å²) in [6.45, 7) is 0. The number of halogens is 1. The van der Waals surface area contributed by atoms with Crippen LogP contribution in [0.3, 0.4) is 0 Å². The third-order valence-electron chi connectivity index (χ3n) is 0.750. The standard InChI is InChI=1S/C4H3IN2OS/c5-9-7-4(8)2-1-3-6-7/h1-3H. The highest BCUT2D eigenvalue weighted by molar-refractivity contribution is 14.2. The Morgan fingerprint density at radius 3 is 3.00 bits per heavy atom. The van der Waals surface area contributed by atoms with Gasteiger partial charge in [-0.2, -0.15) is 9.19 Å². The van der Waals surface area contributed by atoms with E-state index in [4.69, 9.17) is 0 Å². The predicted molar refractivity (Wildman–Crippen MR) is 45.5 cm³/mol. The topological polar surface area (TPSA) is 34.9 Å². The summed E-state index contributed by atoms with van der Waals surface area (Å²) >= 11 is 2.00. The fourth-order valence-electron chi connectivity index (χ4n) is 0.397. The molecule has 0 atom stereocenters. The van der Waals surface area contributed by atoms with E-state index in [0.717, 1.165) is 0 Å². The van der Waals surface area contributed by atoms with Gasteiger partial charge in [-0.1, -0.05) is 0 Å². The van der Waals surface area contributed by atoms with Crippen molar-refractivity contribution in [2.24, 2.45) is 0 Å².